The van der Waals surface area contributed by atoms with E-state index in [1.54, 1.807) is 23.6 Å². The number of H-pyrrole nitrogens is 1. The lowest BCUT2D eigenvalue weighted by atomic mass is 10.1. The van der Waals surface area contributed by atoms with E-state index in [-0.39, 0.29) is 11.9 Å². The number of nitrogens with zero attached hydrogens (tertiary/aromatic N) is 1. The first-order valence-corrected chi connectivity index (χ1v) is 6.68. The van der Waals surface area contributed by atoms with Crippen LogP contribution in [-0.2, 0) is 4.74 Å². The molecular formula is C14H15FN2O2S. The molecule has 0 spiro atoms. The Labute approximate surface area is 121 Å². The normalized spacial score (nSPS) is 12.2. The van der Waals surface area contributed by atoms with E-state index in [1.807, 2.05) is 6.92 Å². The largest absolute Gasteiger partial charge is 0.461 e. The number of benzene rings is 1. The van der Waals surface area contributed by atoms with Gasteiger partial charge in [0.15, 0.2) is 4.77 Å². The molecule has 1 heterocycles. The summed E-state index contributed by atoms with van der Waals surface area (Å²) in [7, 11) is 0. The molecule has 20 heavy (non-hydrogen) atoms. The number of carbonyl (C=O) groups is 1. The summed E-state index contributed by atoms with van der Waals surface area (Å²) < 4.78 is 20.1. The Kier molecular flexibility index (Phi) is 4.34. The Morgan fingerprint density at radius 2 is 2.10 bits per heavy atom. The number of carbonyl (C=O) groups excluding carboxylic acids is 1. The van der Waals surface area contributed by atoms with E-state index < -0.39 is 5.97 Å². The summed E-state index contributed by atoms with van der Waals surface area (Å²) in [5.74, 6) is -0.738. The van der Waals surface area contributed by atoms with Gasteiger partial charge in [0.2, 0.25) is 0 Å². The molecule has 1 unspecified atom stereocenters. The Morgan fingerprint density at radius 1 is 1.45 bits per heavy atom. The second-order valence-electron chi connectivity index (χ2n) is 4.30. The summed E-state index contributed by atoms with van der Waals surface area (Å²) in [5.41, 5.74) is 1.21. The minimum atomic E-state index is -0.436. The van der Waals surface area contributed by atoms with Crippen LogP contribution in [0.25, 0.3) is 0 Å². The molecule has 4 nitrogen and oxygen atoms in total. The van der Waals surface area contributed by atoms with Crippen LogP contribution in [0.1, 0.15) is 35.9 Å². The SMILES string of the molecule is CCOC(=O)c1c[nH]c(=S)n1C(C)c1ccc(F)cc1. The summed E-state index contributed by atoms with van der Waals surface area (Å²) in [4.78, 5) is 14.7. The molecule has 0 aliphatic rings. The predicted octanol–water partition coefficient (Wildman–Crippen LogP) is 3.47. The fourth-order valence-electron chi connectivity index (χ4n) is 2.02. The average Bonchev–Trinajstić information content (AvgIpc) is 2.81. The van der Waals surface area contributed by atoms with Gasteiger partial charge in [-0.05, 0) is 43.8 Å². The fourth-order valence-corrected chi connectivity index (χ4v) is 2.33. The van der Waals surface area contributed by atoms with Crippen molar-refractivity contribution in [2.45, 2.75) is 19.9 Å². The zero-order valence-corrected chi connectivity index (χ0v) is 12.0. The topological polar surface area (TPSA) is 47.0 Å². The van der Waals surface area contributed by atoms with E-state index in [0.29, 0.717) is 17.1 Å². The van der Waals surface area contributed by atoms with E-state index in [4.69, 9.17) is 17.0 Å². The molecule has 2 aromatic rings. The molecule has 1 atom stereocenters. The molecule has 0 saturated heterocycles. The summed E-state index contributed by atoms with van der Waals surface area (Å²) in [5, 5.41) is 0. The molecule has 0 radical (unpaired) electrons. The maximum Gasteiger partial charge on any atom is 0.356 e. The van der Waals surface area contributed by atoms with Gasteiger partial charge in [-0.2, -0.15) is 0 Å². The van der Waals surface area contributed by atoms with Crippen LogP contribution < -0.4 is 0 Å². The van der Waals surface area contributed by atoms with Crippen molar-refractivity contribution in [2.24, 2.45) is 0 Å². The molecule has 0 bridgehead atoms. The highest BCUT2D eigenvalue weighted by Gasteiger charge is 2.19. The van der Waals surface area contributed by atoms with Crippen LogP contribution in [-0.4, -0.2) is 22.1 Å². The van der Waals surface area contributed by atoms with Crippen LogP contribution >= 0.6 is 12.2 Å². The predicted molar refractivity (Wildman–Crippen MR) is 75.8 cm³/mol. The Hall–Kier alpha value is -1.95. The highest BCUT2D eigenvalue weighted by molar-refractivity contribution is 7.71. The third-order valence-electron chi connectivity index (χ3n) is 3.03. The smallest absolute Gasteiger partial charge is 0.356 e. The van der Waals surface area contributed by atoms with Gasteiger partial charge in [0.1, 0.15) is 11.5 Å². The van der Waals surface area contributed by atoms with Gasteiger partial charge in [-0.25, -0.2) is 9.18 Å². The van der Waals surface area contributed by atoms with Crippen LogP contribution in [0.15, 0.2) is 30.5 Å². The van der Waals surface area contributed by atoms with Crippen molar-refractivity contribution >= 4 is 18.2 Å². The van der Waals surface area contributed by atoms with Crippen LogP contribution in [0, 0.1) is 10.6 Å². The number of aromatic nitrogens is 2. The first kappa shape index (κ1) is 14.5. The van der Waals surface area contributed by atoms with E-state index >= 15 is 0 Å². The van der Waals surface area contributed by atoms with Gasteiger partial charge in [-0.3, -0.25) is 0 Å². The van der Waals surface area contributed by atoms with Gasteiger partial charge < -0.3 is 14.3 Å². The fraction of sp³-hybridized carbons (Fsp3) is 0.286. The minimum Gasteiger partial charge on any atom is -0.461 e. The van der Waals surface area contributed by atoms with Gasteiger partial charge in [0, 0.05) is 6.20 Å². The van der Waals surface area contributed by atoms with Crippen LogP contribution in [0.3, 0.4) is 0 Å². The molecule has 1 aromatic heterocycles. The maximum atomic E-state index is 13.0. The first-order chi connectivity index (χ1) is 9.54. The first-order valence-electron chi connectivity index (χ1n) is 6.27. The van der Waals surface area contributed by atoms with Gasteiger partial charge in [0.25, 0.3) is 0 Å². The van der Waals surface area contributed by atoms with Crippen LogP contribution in [0.5, 0.6) is 0 Å². The third kappa shape index (κ3) is 2.80. The molecule has 2 rings (SSSR count). The van der Waals surface area contributed by atoms with Crippen molar-refractivity contribution in [3.63, 3.8) is 0 Å². The number of ether oxygens (including phenoxy) is 1. The van der Waals surface area contributed by atoms with E-state index in [0.717, 1.165) is 5.56 Å². The highest BCUT2D eigenvalue weighted by atomic mass is 32.1. The second kappa shape index (κ2) is 6.00. The molecule has 0 saturated carbocycles. The monoisotopic (exact) mass is 294 g/mol. The molecule has 0 aliphatic carbocycles. The van der Waals surface area contributed by atoms with Crippen LogP contribution in [0.4, 0.5) is 4.39 Å². The van der Waals surface area contributed by atoms with E-state index in [2.05, 4.69) is 4.98 Å². The standard InChI is InChI=1S/C14H15FN2O2S/c1-3-19-13(18)12-8-16-14(20)17(12)9(2)10-4-6-11(15)7-5-10/h4-9H,3H2,1-2H3,(H,16,20). The summed E-state index contributed by atoms with van der Waals surface area (Å²) in [6, 6.07) is 5.90. The van der Waals surface area contributed by atoms with Crippen molar-refractivity contribution in [1.29, 1.82) is 0 Å². The number of halogens is 1. The number of hydrogen-bond acceptors (Lipinski definition) is 3. The zero-order chi connectivity index (χ0) is 14.7. The minimum absolute atomic E-state index is 0.200. The lowest BCUT2D eigenvalue weighted by molar-refractivity contribution is 0.0512. The van der Waals surface area contributed by atoms with Gasteiger partial charge >= 0.3 is 5.97 Å². The zero-order valence-electron chi connectivity index (χ0n) is 11.2. The summed E-state index contributed by atoms with van der Waals surface area (Å²) in [6.07, 6.45) is 1.53. The van der Waals surface area contributed by atoms with Crippen LogP contribution in [0.2, 0.25) is 0 Å². The number of nitrogens with one attached hydrogen (secondary N) is 1. The molecular weight excluding hydrogens is 279 g/mol. The molecule has 1 N–H and O–H groups in total. The van der Waals surface area contributed by atoms with Crippen molar-refractivity contribution in [3.05, 3.63) is 52.3 Å². The third-order valence-corrected chi connectivity index (χ3v) is 3.35. The van der Waals surface area contributed by atoms with E-state index in [9.17, 15) is 9.18 Å². The van der Waals surface area contributed by atoms with Crippen molar-refractivity contribution < 1.29 is 13.9 Å². The Morgan fingerprint density at radius 3 is 2.70 bits per heavy atom. The van der Waals surface area contributed by atoms with Gasteiger partial charge in [0.05, 0.1) is 12.6 Å². The Balaban J connectivity index is 2.41. The lowest BCUT2D eigenvalue weighted by Gasteiger charge is -2.16. The number of hydrogen-bond donors (Lipinski definition) is 1. The molecule has 6 heteroatoms. The highest BCUT2D eigenvalue weighted by Crippen LogP contribution is 2.21. The van der Waals surface area contributed by atoms with Crippen molar-refractivity contribution in [2.75, 3.05) is 6.61 Å². The average molecular weight is 294 g/mol. The number of aromatic amines is 1. The quantitative estimate of drug-likeness (QED) is 0.694. The van der Waals surface area contributed by atoms with Crippen molar-refractivity contribution in [1.82, 2.24) is 9.55 Å². The Bertz CT molecular complexity index is 661. The number of imidazole rings is 1. The maximum absolute atomic E-state index is 13.0. The van der Waals surface area contributed by atoms with E-state index in [1.165, 1.54) is 18.3 Å². The second-order valence-corrected chi connectivity index (χ2v) is 4.68. The molecule has 106 valence electrons. The lowest BCUT2D eigenvalue weighted by Crippen LogP contribution is -2.16. The molecule has 0 fully saturated rings. The molecule has 0 aliphatic heterocycles. The number of esters is 1. The van der Waals surface area contributed by atoms with Gasteiger partial charge in [-0.1, -0.05) is 12.1 Å². The van der Waals surface area contributed by atoms with Gasteiger partial charge in [-0.15, -0.1) is 0 Å². The summed E-state index contributed by atoms with van der Waals surface area (Å²) >= 11 is 5.20. The van der Waals surface area contributed by atoms with Crippen molar-refractivity contribution in [3.8, 4) is 0 Å². The number of rotatable bonds is 4. The molecule has 0 amide bonds. The molecule has 1 aromatic carbocycles. The summed E-state index contributed by atoms with van der Waals surface area (Å²) in [6.45, 7) is 3.92.